The van der Waals surface area contributed by atoms with Crippen LogP contribution >= 0.6 is 0 Å². The summed E-state index contributed by atoms with van der Waals surface area (Å²) in [7, 11) is 0. The monoisotopic (exact) mass is 152 g/mol. The summed E-state index contributed by atoms with van der Waals surface area (Å²) in [4.78, 5) is 4.45. The Labute approximate surface area is 66.0 Å². The van der Waals surface area contributed by atoms with Gasteiger partial charge in [0.15, 0.2) is 0 Å². The molecule has 0 amide bonds. The maximum Gasteiger partial charge on any atom is 0.124 e. The highest BCUT2D eigenvalue weighted by Gasteiger charge is 2.10. The highest BCUT2D eigenvalue weighted by molar-refractivity contribution is 5.04. The van der Waals surface area contributed by atoms with E-state index in [2.05, 4.69) is 22.7 Å². The molecule has 2 rings (SSSR count). The van der Waals surface area contributed by atoms with Crippen molar-refractivity contribution < 1.29 is 4.74 Å². The Kier molecular flexibility index (Phi) is 1.66. The lowest BCUT2D eigenvalue weighted by Crippen LogP contribution is -2.15. The zero-order valence-electron chi connectivity index (χ0n) is 6.71. The SMILES string of the molecule is CCc1cn2c(n1)CCOC2. The van der Waals surface area contributed by atoms with E-state index in [0.717, 1.165) is 19.4 Å². The molecule has 3 nitrogen and oxygen atoms in total. The van der Waals surface area contributed by atoms with Gasteiger partial charge in [0.1, 0.15) is 12.6 Å². The lowest BCUT2D eigenvalue weighted by molar-refractivity contribution is 0.0558. The summed E-state index contributed by atoms with van der Waals surface area (Å²) < 4.78 is 7.36. The van der Waals surface area contributed by atoms with Crippen LogP contribution in [0.25, 0.3) is 0 Å². The van der Waals surface area contributed by atoms with Crippen molar-refractivity contribution >= 4 is 0 Å². The average Bonchev–Trinajstić information content (AvgIpc) is 2.46. The number of hydrogen-bond donors (Lipinski definition) is 0. The van der Waals surface area contributed by atoms with Crippen molar-refractivity contribution in [2.24, 2.45) is 0 Å². The molecule has 1 aromatic heterocycles. The smallest absolute Gasteiger partial charge is 0.124 e. The van der Waals surface area contributed by atoms with E-state index in [4.69, 9.17) is 4.74 Å². The Bertz CT molecular complexity index is 231. The summed E-state index contributed by atoms with van der Waals surface area (Å²) in [6, 6.07) is 0. The minimum Gasteiger partial charge on any atom is -0.360 e. The molecule has 0 saturated heterocycles. The molecule has 2 heterocycles. The summed E-state index contributed by atoms with van der Waals surface area (Å²) in [6.45, 7) is 3.62. The summed E-state index contributed by atoms with van der Waals surface area (Å²) in [5.74, 6) is 1.17. The van der Waals surface area contributed by atoms with Gasteiger partial charge < -0.3 is 9.30 Å². The first kappa shape index (κ1) is 6.85. The molecule has 3 heteroatoms. The molecular weight excluding hydrogens is 140 g/mol. The van der Waals surface area contributed by atoms with Crippen LogP contribution in [0.3, 0.4) is 0 Å². The van der Waals surface area contributed by atoms with Gasteiger partial charge in [-0.2, -0.15) is 0 Å². The van der Waals surface area contributed by atoms with Crippen LogP contribution in [0.5, 0.6) is 0 Å². The number of rotatable bonds is 1. The number of aromatic nitrogens is 2. The molecule has 0 unspecified atom stereocenters. The summed E-state index contributed by atoms with van der Waals surface area (Å²) >= 11 is 0. The van der Waals surface area contributed by atoms with Gasteiger partial charge in [0.05, 0.1) is 12.3 Å². The van der Waals surface area contributed by atoms with E-state index >= 15 is 0 Å². The Morgan fingerprint density at radius 1 is 1.73 bits per heavy atom. The second-order valence-electron chi connectivity index (χ2n) is 2.76. The quantitative estimate of drug-likeness (QED) is 0.599. The van der Waals surface area contributed by atoms with Crippen LogP contribution in [0, 0.1) is 0 Å². The number of nitrogens with zero attached hydrogens (tertiary/aromatic N) is 2. The fourth-order valence-electron chi connectivity index (χ4n) is 1.32. The van der Waals surface area contributed by atoms with E-state index < -0.39 is 0 Å². The van der Waals surface area contributed by atoms with Crippen molar-refractivity contribution in [2.45, 2.75) is 26.5 Å². The number of imidazole rings is 1. The van der Waals surface area contributed by atoms with Gasteiger partial charge in [-0.05, 0) is 6.42 Å². The number of aryl methyl sites for hydroxylation is 1. The van der Waals surface area contributed by atoms with Crippen LogP contribution in [0.15, 0.2) is 6.20 Å². The molecule has 0 saturated carbocycles. The predicted molar refractivity (Wildman–Crippen MR) is 41.3 cm³/mol. The molecule has 1 aliphatic heterocycles. The topological polar surface area (TPSA) is 27.1 Å². The molecule has 0 aliphatic carbocycles. The third kappa shape index (κ3) is 1.16. The van der Waals surface area contributed by atoms with E-state index in [1.54, 1.807) is 0 Å². The van der Waals surface area contributed by atoms with Gasteiger partial charge in [-0.25, -0.2) is 4.98 Å². The molecule has 60 valence electrons. The Morgan fingerprint density at radius 3 is 3.36 bits per heavy atom. The van der Waals surface area contributed by atoms with E-state index in [9.17, 15) is 0 Å². The first-order valence-corrected chi connectivity index (χ1v) is 4.03. The van der Waals surface area contributed by atoms with Gasteiger partial charge >= 0.3 is 0 Å². The third-order valence-corrected chi connectivity index (χ3v) is 1.97. The molecule has 1 aliphatic rings. The van der Waals surface area contributed by atoms with Gasteiger partial charge in [-0.15, -0.1) is 0 Å². The summed E-state index contributed by atoms with van der Waals surface area (Å²) in [5, 5.41) is 0. The van der Waals surface area contributed by atoms with Gasteiger partial charge in [0.25, 0.3) is 0 Å². The van der Waals surface area contributed by atoms with Crippen LogP contribution < -0.4 is 0 Å². The highest BCUT2D eigenvalue weighted by atomic mass is 16.5. The molecule has 0 aromatic carbocycles. The van der Waals surface area contributed by atoms with Crippen LogP contribution in [0.4, 0.5) is 0 Å². The zero-order chi connectivity index (χ0) is 7.68. The first-order valence-electron chi connectivity index (χ1n) is 4.03. The van der Waals surface area contributed by atoms with Crippen molar-refractivity contribution in [1.29, 1.82) is 0 Å². The standard InChI is InChI=1S/C8H12N2O/c1-2-7-5-10-6-11-4-3-8(10)9-7/h5H,2-4,6H2,1H3. The maximum absolute atomic E-state index is 5.28. The number of hydrogen-bond acceptors (Lipinski definition) is 2. The predicted octanol–water partition coefficient (Wildman–Crippen LogP) is 0.976. The van der Waals surface area contributed by atoms with Crippen molar-refractivity contribution in [1.82, 2.24) is 9.55 Å². The second kappa shape index (κ2) is 2.66. The second-order valence-corrected chi connectivity index (χ2v) is 2.76. The van der Waals surface area contributed by atoms with E-state index in [0.29, 0.717) is 6.73 Å². The first-order chi connectivity index (χ1) is 5.40. The molecule has 1 aromatic rings. The largest absolute Gasteiger partial charge is 0.360 e. The van der Waals surface area contributed by atoms with Gasteiger partial charge in [-0.1, -0.05) is 6.92 Å². The van der Waals surface area contributed by atoms with Crippen molar-refractivity contribution in [3.63, 3.8) is 0 Å². The highest BCUT2D eigenvalue weighted by Crippen LogP contribution is 2.09. The maximum atomic E-state index is 5.28. The van der Waals surface area contributed by atoms with Crippen LogP contribution in [0.1, 0.15) is 18.4 Å². The Balaban J connectivity index is 2.32. The molecule has 11 heavy (non-hydrogen) atoms. The molecule has 0 spiro atoms. The summed E-state index contributed by atoms with van der Waals surface area (Å²) in [5.41, 5.74) is 1.17. The van der Waals surface area contributed by atoms with Gasteiger partial charge in [0, 0.05) is 12.6 Å². The van der Waals surface area contributed by atoms with E-state index in [1.807, 2.05) is 0 Å². The molecular formula is C8H12N2O. The molecule has 0 fully saturated rings. The van der Waals surface area contributed by atoms with Crippen molar-refractivity contribution in [3.05, 3.63) is 17.7 Å². The lowest BCUT2D eigenvalue weighted by atomic mass is 10.4. The van der Waals surface area contributed by atoms with Gasteiger partial charge in [0.2, 0.25) is 0 Å². The van der Waals surface area contributed by atoms with Crippen LogP contribution in [-0.4, -0.2) is 16.2 Å². The number of ether oxygens (including phenoxy) is 1. The van der Waals surface area contributed by atoms with Crippen LogP contribution in [0.2, 0.25) is 0 Å². The number of fused-ring (bicyclic) bond motifs is 1. The fourth-order valence-corrected chi connectivity index (χ4v) is 1.32. The minimum absolute atomic E-state index is 0.683. The molecule has 0 N–H and O–H groups in total. The lowest BCUT2D eigenvalue weighted by Gasteiger charge is -2.13. The summed E-state index contributed by atoms with van der Waals surface area (Å²) in [6.07, 6.45) is 4.05. The Hall–Kier alpha value is -0.830. The normalized spacial score (nSPS) is 16.5. The Morgan fingerprint density at radius 2 is 2.64 bits per heavy atom. The van der Waals surface area contributed by atoms with E-state index in [-0.39, 0.29) is 0 Å². The fraction of sp³-hybridized carbons (Fsp3) is 0.625. The van der Waals surface area contributed by atoms with Crippen molar-refractivity contribution in [2.75, 3.05) is 6.61 Å². The van der Waals surface area contributed by atoms with Gasteiger partial charge in [-0.3, -0.25) is 0 Å². The minimum atomic E-state index is 0.683. The van der Waals surface area contributed by atoms with Crippen molar-refractivity contribution in [3.8, 4) is 0 Å². The average molecular weight is 152 g/mol. The van der Waals surface area contributed by atoms with E-state index in [1.165, 1.54) is 11.5 Å². The van der Waals surface area contributed by atoms with Crippen LogP contribution in [-0.2, 0) is 24.3 Å². The molecule has 0 bridgehead atoms. The third-order valence-electron chi connectivity index (χ3n) is 1.97. The zero-order valence-corrected chi connectivity index (χ0v) is 6.71. The molecule has 0 radical (unpaired) electrons. The molecule has 0 atom stereocenters.